The number of anilines is 3. The Morgan fingerprint density at radius 1 is 1.00 bits per heavy atom. The molecule has 2 heterocycles. The molecule has 8 heteroatoms. The van der Waals surface area contributed by atoms with Crippen molar-refractivity contribution in [2.45, 2.75) is 13.0 Å². The fourth-order valence-corrected chi connectivity index (χ4v) is 3.41. The van der Waals surface area contributed by atoms with E-state index in [-0.39, 0.29) is 17.7 Å². The number of fused-ring (bicyclic) bond motifs is 1. The molecule has 0 fully saturated rings. The van der Waals surface area contributed by atoms with Gasteiger partial charge >= 0.3 is 0 Å². The highest BCUT2D eigenvalue weighted by Gasteiger charge is 2.23. The summed E-state index contributed by atoms with van der Waals surface area (Å²) in [7, 11) is 0. The summed E-state index contributed by atoms with van der Waals surface area (Å²) >= 11 is 1.36. The average molecular weight is 407 g/mol. The molecule has 146 valence electrons. The van der Waals surface area contributed by atoms with Gasteiger partial charge in [-0.1, -0.05) is 6.07 Å². The Bertz CT molecular complexity index is 1080. The van der Waals surface area contributed by atoms with Gasteiger partial charge in [-0.25, -0.2) is 0 Å². The Balaban J connectivity index is 1.42. The van der Waals surface area contributed by atoms with Crippen molar-refractivity contribution in [1.82, 2.24) is 0 Å². The molecule has 3 aromatic rings. The number of rotatable bonds is 4. The largest absolute Gasteiger partial charge is 0.479 e. The van der Waals surface area contributed by atoms with E-state index in [1.807, 2.05) is 11.4 Å². The molecule has 3 N–H and O–H groups in total. The van der Waals surface area contributed by atoms with Gasteiger partial charge < -0.3 is 20.7 Å². The Hall–Kier alpha value is -3.65. The third-order valence-electron chi connectivity index (χ3n) is 4.32. The van der Waals surface area contributed by atoms with Crippen LogP contribution in [0, 0.1) is 0 Å². The van der Waals surface area contributed by atoms with E-state index in [4.69, 9.17) is 4.74 Å². The predicted molar refractivity (Wildman–Crippen MR) is 112 cm³/mol. The van der Waals surface area contributed by atoms with Crippen LogP contribution < -0.4 is 20.7 Å². The maximum Gasteiger partial charge on any atom is 0.265 e. The molecule has 3 amide bonds. The molecule has 1 aromatic heterocycles. The SMILES string of the molecule is CC1Oc2ccc(NC(=O)c3ccc(NC(=O)c4cccs4)cc3)cc2NC1=O. The van der Waals surface area contributed by atoms with Crippen LogP contribution >= 0.6 is 11.3 Å². The summed E-state index contributed by atoms with van der Waals surface area (Å²) in [5, 5.41) is 10.2. The summed E-state index contributed by atoms with van der Waals surface area (Å²) in [4.78, 5) is 36.9. The first-order valence-electron chi connectivity index (χ1n) is 8.87. The number of carbonyl (C=O) groups excluding carboxylic acids is 3. The number of ether oxygens (including phenoxy) is 1. The summed E-state index contributed by atoms with van der Waals surface area (Å²) in [6.07, 6.45) is -0.554. The van der Waals surface area contributed by atoms with E-state index in [0.29, 0.717) is 33.3 Å². The van der Waals surface area contributed by atoms with Crippen molar-refractivity contribution in [3.8, 4) is 5.75 Å². The number of nitrogens with one attached hydrogen (secondary N) is 3. The molecule has 4 rings (SSSR count). The first-order chi connectivity index (χ1) is 14.0. The summed E-state index contributed by atoms with van der Waals surface area (Å²) in [6.45, 7) is 1.67. The number of amides is 3. The summed E-state index contributed by atoms with van der Waals surface area (Å²) in [6, 6.07) is 15.2. The number of benzene rings is 2. The molecule has 7 nitrogen and oxygen atoms in total. The zero-order valence-corrected chi connectivity index (χ0v) is 16.2. The first kappa shape index (κ1) is 18.7. The van der Waals surface area contributed by atoms with Crippen LogP contribution in [0.2, 0.25) is 0 Å². The van der Waals surface area contributed by atoms with Crippen LogP contribution in [0.1, 0.15) is 27.0 Å². The minimum absolute atomic E-state index is 0.190. The molecule has 0 saturated heterocycles. The van der Waals surface area contributed by atoms with E-state index >= 15 is 0 Å². The molecule has 2 aromatic carbocycles. The van der Waals surface area contributed by atoms with Crippen LogP contribution in [0.4, 0.5) is 17.1 Å². The maximum absolute atomic E-state index is 12.5. The third-order valence-corrected chi connectivity index (χ3v) is 5.19. The second-order valence-electron chi connectivity index (χ2n) is 6.42. The van der Waals surface area contributed by atoms with E-state index < -0.39 is 6.10 Å². The van der Waals surface area contributed by atoms with Gasteiger partial charge in [0.15, 0.2) is 6.10 Å². The van der Waals surface area contributed by atoms with Crippen molar-refractivity contribution in [3.63, 3.8) is 0 Å². The highest BCUT2D eigenvalue weighted by molar-refractivity contribution is 7.12. The molecule has 0 radical (unpaired) electrons. The average Bonchev–Trinajstić information content (AvgIpc) is 3.25. The van der Waals surface area contributed by atoms with Gasteiger partial charge in [-0.3, -0.25) is 14.4 Å². The lowest BCUT2D eigenvalue weighted by atomic mass is 10.1. The molecule has 0 saturated carbocycles. The number of carbonyl (C=O) groups is 3. The van der Waals surface area contributed by atoms with Gasteiger partial charge in [0.25, 0.3) is 17.7 Å². The quantitative estimate of drug-likeness (QED) is 0.610. The van der Waals surface area contributed by atoms with Gasteiger partial charge in [-0.2, -0.15) is 0 Å². The van der Waals surface area contributed by atoms with Crippen LogP contribution in [0.25, 0.3) is 0 Å². The highest BCUT2D eigenvalue weighted by Crippen LogP contribution is 2.32. The van der Waals surface area contributed by atoms with E-state index in [0.717, 1.165) is 0 Å². The van der Waals surface area contributed by atoms with Gasteiger partial charge in [0.05, 0.1) is 10.6 Å². The number of thiophene rings is 1. The zero-order chi connectivity index (χ0) is 20.4. The van der Waals surface area contributed by atoms with Crippen molar-refractivity contribution in [3.05, 3.63) is 70.4 Å². The normalized spacial score (nSPS) is 14.9. The predicted octanol–water partition coefficient (Wildman–Crippen LogP) is 3.97. The molecule has 0 bridgehead atoms. The van der Waals surface area contributed by atoms with Crippen LogP contribution in [-0.4, -0.2) is 23.8 Å². The van der Waals surface area contributed by atoms with Crippen molar-refractivity contribution in [1.29, 1.82) is 0 Å². The third kappa shape index (κ3) is 4.12. The van der Waals surface area contributed by atoms with Crippen LogP contribution in [0.3, 0.4) is 0 Å². The highest BCUT2D eigenvalue weighted by atomic mass is 32.1. The minimum atomic E-state index is -0.554. The Morgan fingerprint density at radius 2 is 1.72 bits per heavy atom. The fraction of sp³-hybridized carbons (Fsp3) is 0.0952. The van der Waals surface area contributed by atoms with Crippen molar-refractivity contribution < 1.29 is 19.1 Å². The van der Waals surface area contributed by atoms with Gasteiger partial charge in [0.1, 0.15) is 5.75 Å². The number of hydrogen-bond acceptors (Lipinski definition) is 5. The Labute approximate surface area is 170 Å². The lowest BCUT2D eigenvalue weighted by molar-refractivity contribution is -0.122. The zero-order valence-electron chi connectivity index (χ0n) is 15.4. The fourth-order valence-electron chi connectivity index (χ4n) is 2.80. The van der Waals surface area contributed by atoms with E-state index in [2.05, 4.69) is 16.0 Å². The molecule has 1 atom stereocenters. The van der Waals surface area contributed by atoms with Gasteiger partial charge in [0.2, 0.25) is 0 Å². The topological polar surface area (TPSA) is 96.5 Å². The number of hydrogen-bond donors (Lipinski definition) is 3. The molecule has 1 aliphatic rings. The van der Waals surface area contributed by atoms with Crippen molar-refractivity contribution >= 4 is 46.1 Å². The van der Waals surface area contributed by atoms with E-state index in [1.165, 1.54) is 11.3 Å². The lowest BCUT2D eigenvalue weighted by Gasteiger charge is -2.23. The van der Waals surface area contributed by atoms with Crippen LogP contribution in [-0.2, 0) is 4.79 Å². The van der Waals surface area contributed by atoms with Gasteiger partial charge in [-0.15, -0.1) is 11.3 Å². The van der Waals surface area contributed by atoms with Crippen LogP contribution in [0.5, 0.6) is 5.75 Å². The second kappa shape index (κ2) is 7.76. The smallest absolute Gasteiger partial charge is 0.265 e. The molecule has 1 unspecified atom stereocenters. The lowest BCUT2D eigenvalue weighted by Crippen LogP contribution is -2.34. The molecule has 29 heavy (non-hydrogen) atoms. The van der Waals surface area contributed by atoms with Crippen molar-refractivity contribution in [2.24, 2.45) is 0 Å². The van der Waals surface area contributed by atoms with Gasteiger partial charge in [-0.05, 0) is 60.8 Å². The molecule has 0 aliphatic carbocycles. The second-order valence-corrected chi connectivity index (χ2v) is 7.37. The molecular formula is C21H17N3O4S. The van der Waals surface area contributed by atoms with E-state index in [1.54, 1.807) is 55.5 Å². The summed E-state index contributed by atoms with van der Waals surface area (Å²) in [5.74, 6) is -0.176. The Kier molecular flexibility index (Phi) is 5.01. The maximum atomic E-state index is 12.5. The van der Waals surface area contributed by atoms with E-state index in [9.17, 15) is 14.4 Å². The summed E-state index contributed by atoms with van der Waals surface area (Å²) < 4.78 is 5.50. The first-order valence-corrected chi connectivity index (χ1v) is 9.75. The van der Waals surface area contributed by atoms with Crippen molar-refractivity contribution in [2.75, 3.05) is 16.0 Å². The monoisotopic (exact) mass is 407 g/mol. The molecule has 0 spiro atoms. The van der Waals surface area contributed by atoms with Crippen LogP contribution in [0.15, 0.2) is 60.0 Å². The molecule has 1 aliphatic heterocycles. The molecular weight excluding hydrogens is 390 g/mol. The van der Waals surface area contributed by atoms with Gasteiger partial charge in [0, 0.05) is 16.9 Å². The summed E-state index contributed by atoms with van der Waals surface area (Å²) in [5.41, 5.74) is 2.08. The Morgan fingerprint density at radius 3 is 2.45 bits per heavy atom. The standard InChI is InChI=1S/C21H17N3O4S/c1-12-19(25)24-16-11-15(8-9-17(16)28-12)23-20(26)13-4-6-14(7-5-13)22-21(27)18-3-2-10-29-18/h2-12H,1H3,(H,22,27)(H,23,26)(H,24,25). The minimum Gasteiger partial charge on any atom is -0.479 e.